The van der Waals surface area contributed by atoms with Crippen LogP contribution in [0.4, 0.5) is 0 Å². The second-order valence-corrected chi connectivity index (χ2v) is 11.9. The highest BCUT2D eigenvalue weighted by Gasteiger charge is 2.20. The molecule has 2 aliphatic heterocycles. The normalized spacial score (nSPS) is 12.0. The molecule has 2 aliphatic rings. The predicted molar refractivity (Wildman–Crippen MR) is 200 cm³/mol. The second kappa shape index (κ2) is 11.7. The van der Waals surface area contributed by atoms with E-state index in [4.69, 9.17) is 9.97 Å². The van der Waals surface area contributed by atoms with Crippen molar-refractivity contribution < 1.29 is 0 Å². The van der Waals surface area contributed by atoms with Gasteiger partial charge in [-0.2, -0.15) is 0 Å². The molecule has 0 radical (unpaired) electrons. The number of hydrogen-bond acceptors (Lipinski definition) is 2. The molecule has 0 amide bonds. The van der Waals surface area contributed by atoms with Crippen LogP contribution >= 0.6 is 0 Å². The largest absolute Gasteiger partial charge is 0.308 e. The number of para-hydroxylation sites is 2. The van der Waals surface area contributed by atoms with E-state index in [2.05, 4.69) is 179 Å². The minimum Gasteiger partial charge on any atom is -0.308 e. The molecule has 48 heavy (non-hydrogen) atoms. The molecule has 7 aromatic rings. The fraction of sp³-hybridized carbons (Fsp3) is 0. The first-order chi connectivity index (χ1) is 23.8. The van der Waals surface area contributed by atoms with Crippen molar-refractivity contribution in [2.45, 2.75) is 0 Å². The number of hydrogen-bond donors (Lipinski definition) is 0. The molecular weight excluding hydrogens is 585 g/mol. The highest BCUT2D eigenvalue weighted by Crippen LogP contribution is 2.41. The Morgan fingerprint density at radius 1 is 0.354 bits per heavy atom. The molecule has 0 saturated carbocycles. The van der Waals surface area contributed by atoms with Crippen LogP contribution in [0.1, 0.15) is 22.8 Å². The van der Waals surface area contributed by atoms with E-state index >= 15 is 0 Å². The molecule has 0 spiro atoms. The molecule has 0 saturated heterocycles. The Morgan fingerprint density at radius 2 is 0.729 bits per heavy atom. The maximum absolute atomic E-state index is 4.93. The number of nitrogens with zero attached hydrogens (tertiary/aromatic N) is 4. The zero-order chi connectivity index (χ0) is 31.9. The lowest BCUT2D eigenvalue weighted by atomic mass is 10.0. The van der Waals surface area contributed by atoms with Gasteiger partial charge in [0.15, 0.2) is 0 Å². The number of rotatable bonds is 4. The molecule has 4 aromatic carbocycles. The lowest BCUT2D eigenvalue weighted by Crippen LogP contribution is -1.99. The predicted octanol–water partition coefficient (Wildman–Crippen LogP) is 10.9. The summed E-state index contributed by atoms with van der Waals surface area (Å²) in [5.41, 5.74) is 14.6. The van der Waals surface area contributed by atoms with Crippen LogP contribution in [0.15, 0.2) is 158 Å². The van der Waals surface area contributed by atoms with Crippen molar-refractivity contribution in [1.29, 1.82) is 0 Å². The van der Waals surface area contributed by atoms with Crippen LogP contribution < -0.4 is 0 Å². The third kappa shape index (κ3) is 4.88. The quantitative estimate of drug-likeness (QED) is 0.198. The van der Waals surface area contributed by atoms with Gasteiger partial charge in [0.2, 0.25) is 0 Å². The molecule has 0 unspecified atom stereocenters. The van der Waals surface area contributed by atoms with E-state index in [-0.39, 0.29) is 0 Å². The molecule has 4 nitrogen and oxygen atoms in total. The Balaban J connectivity index is 1.58. The molecule has 9 rings (SSSR count). The van der Waals surface area contributed by atoms with Crippen molar-refractivity contribution in [3.63, 3.8) is 0 Å². The van der Waals surface area contributed by atoms with Gasteiger partial charge in [-0.05, 0) is 96.1 Å². The molecule has 0 aliphatic carbocycles. The number of benzene rings is 4. The summed E-state index contributed by atoms with van der Waals surface area (Å²) in [5.74, 6) is 0. The van der Waals surface area contributed by atoms with E-state index in [1.165, 1.54) is 0 Å². The average molecular weight is 615 g/mol. The monoisotopic (exact) mass is 614 g/mol. The molecule has 226 valence electrons. The van der Waals surface area contributed by atoms with E-state index in [1.54, 1.807) is 0 Å². The Kier molecular flexibility index (Phi) is 6.76. The molecule has 0 N–H and O–H groups in total. The maximum atomic E-state index is 4.93. The van der Waals surface area contributed by atoms with Gasteiger partial charge < -0.3 is 9.13 Å². The van der Waals surface area contributed by atoms with Crippen molar-refractivity contribution in [2.24, 2.45) is 0 Å². The van der Waals surface area contributed by atoms with Gasteiger partial charge in [0.25, 0.3) is 0 Å². The summed E-state index contributed by atoms with van der Waals surface area (Å²) in [4.78, 5) is 9.85. The van der Waals surface area contributed by atoms with Gasteiger partial charge in [-0.15, -0.1) is 0 Å². The van der Waals surface area contributed by atoms with Gasteiger partial charge in [-0.1, -0.05) is 97.1 Å². The molecule has 0 atom stereocenters. The fourth-order valence-electron chi connectivity index (χ4n) is 6.73. The minimum atomic E-state index is 0.867. The Labute approximate surface area is 278 Å². The van der Waals surface area contributed by atoms with Gasteiger partial charge in [0, 0.05) is 33.5 Å². The number of fused-ring (bicyclic) bond motifs is 10. The van der Waals surface area contributed by atoms with Crippen LogP contribution in [0.2, 0.25) is 0 Å². The zero-order valence-electron chi connectivity index (χ0n) is 26.1. The van der Waals surface area contributed by atoms with E-state index in [0.29, 0.717) is 0 Å². The summed E-state index contributed by atoms with van der Waals surface area (Å²) in [6, 6.07) is 55.9. The van der Waals surface area contributed by atoms with Crippen molar-refractivity contribution in [2.75, 3.05) is 0 Å². The highest BCUT2D eigenvalue weighted by atomic mass is 15.0. The molecular formula is C44H30N4. The summed E-state index contributed by atoms with van der Waals surface area (Å²) < 4.78 is 4.79. The van der Waals surface area contributed by atoms with Gasteiger partial charge in [-0.3, -0.25) is 0 Å². The van der Waals surface area contributed by atoms with Crippen LogP contribution in [0.5, 0.6) is 0 Å². The number of aromatic nitrogens is 4. The molecule has 3 aromatic heterocycles. The molecule has 8 bridgehead atoms. The van der Waals surface area contributed by atoms with E-state index in [9.17, 15) is 0 Å². The van der Waals surface area contributed by atoms with Crippen LogP contribution in [-0.2, 0) is 0 Å². The average Bonchev–Trinajstić information content (AvgIpc) is 3.96. The van der Waals surface area contributed by atoms with Crippen LogP contribution in [-0.4, -0.2) is 19.1 Å². The smallest absolute Gasteiger partial charge is 0.0894 e. The first-order valence-electron chi connectivity index (χ1n) is 16.2. The van der Waals surface area contributed by atoms with Gasteiger partial charge in [-0.25, -0.2) is 9.97 Å². The zero-order valence-corrected chi connectivity index (χ0v) is 26.1. The van der Waals surface area contributed by atoms with Crippen LogP contribution in [0.3, 0.4) is 0 Å². The fourth-order valence-corrected chi connectivity index (χ4v) is 6.73. The van der Waals surface area contributed by atoms with Crippen molar-refractivity contribution >= 4 is 46.4 Å². The summed E-state index contributed by atoms with van der Waals surface area (Å²) in [5, 5.41) is 0. The third-order valence-electron chi connectivity index (χ3n) is 8.92. The van der Waals surface area contributed by atoms with Crippen molar-refractivity contribution in [1.82, 2.24) is 19.1 Å². The van der Waals surface area contributed by atoms with Gasteiger partial charge in [0.1, 0.15) is 0 Å². The van der Waals surface area contributed by atoms with E-state index in [0.717, 1.165) is 78.5 Å². The summed E-state index contributed by atoms with van der Waals surface area (Å²) >= 11 is 0. The topological polar surface area (TPSA) is 35.6 Å². The maximum Gasteiger partial charge on any atom is 0.0894 e. The third-order valence-corrected chi connectivity index (χ3v) is 8.92. The lowest BCUT2D eigenvalue weighted by molar-refractivity contribution is 1.14. The molecule has 4 heteroatoms. The standard InChI is InChI=1S/C44H30N4/c1-5-13-31(14-6-1)39-29-37-25-21-33-23-27-41(45-33)42-28-24-34(46-42)22-26-38-30-40(32-15-7-2-8-16-32)44(48(38)36-19-11-4-12-20-36)43(39)47(37)35-17-9-3-10-18-35/h1-30H. The molecule has 5 heterocycles. The Morgan fingerprint density at radius 3 is 1.12 bits per heavy atom. The highest BCUT2D eigenvalue weighted by molar-refractivity contribution is 6.06. The van der Waals surface area contributed by atoms with E-state index < -0.39 is 0 Å². The van der Waals surface area contributed by atoms with Crippen molar-refractivity contribution in [3.05, 3.63) is 181 Å². The van der Waals surface area contributed by atoms with Gasteiger partial charge in [0.05, 0.1) is 33.8 Å². The first kappa shape index (κ1) is 27.8. The Bertz CT molecular complexity index is 2340. The summed E-state index contributed by atoms with van der Waals surface area (Å²) in [7, 11) is 0. The second-order valence-electron chi connectivity index (χ2n) is 11.9. The minimum absolute atomic E-state index is 0.867. The summed E-state index contributed by atoms with van der Waals surface area (Å²) in [6.45, 7) is 0. The first-order valence-corrected chi connectivity index (χ1v) is 16.2. The molecule has 0 fully saturated rings. The van der Waals surface area contributed by atoms with Gasteiger partial charge >= 0.3 is 0 Å². The lowest BCUT2D eigenvalue weighted by Gasteiger charge is -2.14. The van der Waals surface area contributed by atoms with Crippen molar-refractivity contribution in [3.8, 4) is 33.6 Å². The SMILES string of the molecule is C1=Cc2nc1ccc1cc(-c3ccccc3)c(c3c(-c4ccccc4)cc(ccc4nc2C=C4)n3-c2ccccc2)n1-c1ccccc1. The van der Waals surface area contributed by atoms with E-state index in [1.807, 2.05) is 12.2 Å². The summed E-state index contributed by atoms with van der Waals surface area (Å²) in [6.07, 6.45) is 8.21. The van der Waals surface area contributed by atoms with Crippen LogP contribution in [0, 0.1) is 0 Å². The Hall–Kier alpha value is -6.52. The van der Waals surface area contributed by atoms with Crippen LogP contribution in [0.25, 0.3) is 80.0 Å².